The molecule has 2 aliphatic rings. The largest absolute Gasteiger partial charge is 0.370 e. The van der Waals surface area contributed by atoms with Crippen molar-refractivity contribution in [1.82, 2.24) is 5.32 Å². The molecule has 3 rings (SSSR count). The van der Waals surface area contributed by atoms with Crippen molar-refractivity contribution in [2.45, 2.75) is 76.4 Å². The van der Waals surface area contributed by atoms with Crippen LogP contribution in [0.25, 0.3) is 0 Å². The number of rotatable bonds is 8. The number of benzene rings is 1. The Balaban J connectivity index is 1.47. The first-order chi connectivity index (χ1) is 13.4. The number of nitrogens with one attached hydrogen (secondary N) is 2. The fraction of sp³-hybridized carbons (Fsp3) is 0.667. The lowest BCUT2D eigenvalue weighted by Gasteiger charge is -2.33. The van der Waals surface area contributed by atoms with Gasteiger partial charge in [0.25, 0.3) is 5.91 Å². The maximum absolute atomic E-state index is 12.4. The molecule has 1 aromatic carbocycles. The van der Waals surface area contributed by atoms with Gasteiger partial charge in [-0.1, -0.05) is 32.6 Å². The summed E-state index contributed by atoms with van der Waals surface area (Å²) in [5.74, 6) is -0.0529. The van der Waals surface area contributed by atoms with Gasteiger partial charge in [0, 0.05) is 17.8 Å². The third-order valence-electron chi connectivity index (χ3n) is 5.78. The SMILES string of the molecule is CCCCS(=O)(=O)Nc1ccc(C(=O)NCC2CCC3(CCCCC3)O2)cc1. The van der Waals surface area contributed by atoms with E-state index in [1.165, 1.54) is 19.3 Å². The average molecular weight is 409 g/mol. The van der Waals surface area contributed by atoms with Crippen LogP contribution in [0, 0.1) is 0 Å². The Morgan fingerprint density at radius 1 is 1.14 bits per heavy atom. The summed E-state index contributed by atoms with van der Waals surface area (Å²) in [6.07, 6.45) is 9.72. The molecule has 1 heterocycles. The van der Waals surface area contributed by atoms with Gasteiger partial charge in [0.1, 0.15) is 0 Å². The molecule has 1 aliphatic heterocycles. The molecular weight excluding hydrogens is 376 g/mol. The van der Waals surface area contributed by atoms with Crippen LogP contribution in [0.2, 0.25) is 0 Å². The van der Waals surface area contributed by atoms with Crippen LogP contribution < -0.4 is 10.0 Å². The highest BCUT2D eigenvalue weighted by Gasteiger charge is 2.40. The second kappa shape index (κ2) is 9.27. The second-order valence-corrected chi connectivity index (χ2v) is 9.93. The zero-order valence-corrected chi connectivity index (χ0v) is 17.5. The summed E-state index contributed by atoms with van der Waals surface area (Å²) in [5.41, 5.74) is 1.05. The van der Waals surface area contributed by atoms with Gasteiger partial charge < -0.3 is 10.1 Å². The number of carbonyl (C=O) groups excluding carboxylic acids is 1. The van der Waals surface area contributed by atoms with Gasteiger partial charge in [0.2, 0.25) is 10.0 Å². The minimum Gasteiger partial charge on any atom is -0.370 e. The van der Waals surface area contributed by atoms with Gasteiger partial charge in [-0.05, 0) is 56.4 Å². The maximum Gasteiger partial charge on any atom is 0.251 e. The minimum absolute atomic E-state index is 0.0598. The summed E-state index contributed by atoms with van der Waals surface area (Å²) in [7, 11) is -3.33. The van der Waals surface area contributed by atoms with Crippen LogP contribution in [0.4, 0.5) is 5.69 Å². The third-order valence-corrected chi connectivity index (χ3v) is 7.15. The predicted octanol–water partition coefficient (Wildman–Crippen LogP) is 3.84. The number of hydrogen-bond donors (Lipinski definition) is 2. The van der Waals surface area contributed by atoms with E-state index in [0.717, 1.165) is 32.1 Å². The molecule has 1 spiro atoms. The third kappa shape index (κ3) is 5.70. The Morgan fingerprint density at radius 3 is 2.54 bits per heavy atom. The highest BCUT2D eigenvalue weighted by Crippen LogP contribution is 2.41. The summed E-state index contributed by atoms with van der Waals surface area (Å²) in [6.45, 7) is 2.47. The van der Waals surface area contributed by atoms with Crippen LogP contribution in [0.5, 0.6) is 0 Å². The van der Waals surface area contributed by atoms with Crippen molar-refractivity contribution < 1.29 is 17.9 Å². The van der Waals surface area contributed by atoms with Crippen molar-refractivity contribution in [3.05, 3.63) is 29.8 Å². The smallest absolute Gasteiger partial charge is 0.251 e. The molecule has 1 saturated heterocycles. The van der Waals surface area contributed by atoms with E-state index in [9.17, 15) is 13.2 Å². The van der Waals surface area contributed by atoms with E-state index in [0.29, 0.717) is 24.2 Å². The normalized spacial score (nSPS) is 21.5. The van der Waals surface area contributed by atoms with Gasteiger partial charge in [-0.25, -0.2) is 8.42 Å². The number of carbonyl (C=O) groups is 1. The van der Waals surface area contributed by atoms with Crippen LogP contribution in [-0.4, -0.2) is 38.3 Å². The number of amides is 1. The molecule has 28 heavy (non-hydrogen) atoms. The molecule has 1 aromatic rings. The van der Waals surface area contributed by atoms with Crippen LogP contribution in [0.15, 0.2) is 24.3 Å². The van der Waals surface area contributed by atoms with Gasteiger partial charge in [-0.15, -0.1) is 0 Å². The topological polar surface area (TPSA) is 84.5 Å². The fourth-order valence-electron chi connectivity index (χ4n) is 4.17. The van der Waals surface area contributed by atoms with Crippen LogP contribution in [0.3, 0.4) is 0 Å². The van der Waals surface area contributed by atoms with E-state index in [4.69, 9.17) is 4.74 Å². The molecule has 0 bridgehead atoms. The zero-order chi connectivity index (χ0) is 20.0. The number of unbranched alkanes of at least 4 members (excludes halogenated alkanes) is 1. The van der Waals surface area contributed by atoms with E-state index < -0.39 is 10.0 Å². The van der Waals surface area contributed by atoms with Gasteiger partial charge in [-0.2, -0.15) is 0 Å². The van der Waals surface area contributed by atoms with Crippen molar-refractivity contribution >= 4 is 21.6 Å². The van der Waals surface area contributed by atoms with E-state index in [2.05, 4.69) is 10.0 Å². The molecule has 1 amide bonds. The monoisotopic (exact) mass is 408 g/mol. The van der Waals surface area contributed by atoms with E-state index in [1.54, 1.807) is 24.3 Å². The molecule has 0 aromatic heterocycles. The fourth-order valence-corrected chi connectivity index (χ4v) is 5.43. The Labute approximate surface area is 168 Å². The highest BCUT2D eigenvalue weighted by atomic mass is 32.2. The zero-order valence-electron chi connectivity index (χ0n) is 16.7. The molecule has 156 valence electrons. The van der Waals surface area contributed by atoms with Gasteiger partial charge in [0.15, 0.2) is 0 Å². The Morgan fingerprint density at radius 2 is 1.86 bits per heavy atom. The van der Waals surface area contributed by atoms with Gasteiger partial charge >= 0.3 is 0 Å². The van der Waals surface area contributed by atoms with Gasteiger partial charge in [0.05, 0.1) is 17.5 Å². The van der Waals surface area contributed by atoms with E-state index in [-0.39, 0.29) is 23.4 Å². The number of hydrogen-bond acceptors (Lipinski definition) is 4. The quantitative estimate of drug-likeness (QED) is 0.684. The lowest BCUT2D eigenvalue weighted by atomic mass is 9.83. The minimum atomic E-state index is -3.33. The summed E-state index contributed by atoms with van der Waals surface area (Å²) < 4.78 is 32.7. The first kappa shape index (κ1) is 21.1. The van der Waals surface area contributed by atoms with Crippen molar-refractivity contribution in [2.75, 3.05) is 17.0 Å². The van der Waals surface area contributed by atoms with E-state index >= 15 is 0 Å². The number of anilines is 1. The first-order valence-electron chi connectivity index (χ1n) is 10.5. The summed E-state index contributed by atoms with van der Waals surface area (Å²) in [5, 5.41) is 2.96. The molecule has 2 N–H and O–H groups in total. The molecule has 2 fully saturated rings. The molecule has 1 atom stereocenters. The molecule has 7 heteroatoms. The van der Waals surface area contributed by atoms with E-state index in [1.807, 2.05) is 6.92 Å². The van der Waals surface area contributed by atoms with Crippen LogP contribution >= 0.6 is 0 Å². The lowest BCUT2D eigenvalue weighted by Crippen LogP contribution is -2.36. The Hall–Kier alpha value is -1.60. The average Bonchev–Trinajstić information content (AvgIpc) is 3.07. The Kier molecular flexibility index (Phi) is 6.99. The Bertz CT molecular complexity index is 755. The summed E-state index contributed by atoms with van der Waals surface area (Å²) in [4.78, 5) is 12.4. The maximum atomic E-state index is 12.4. The standard InChI is InChI=1S/C21H32N2O4S/c1-2-3-15-28(25,26)23-18-9-7-17(8-10-18)20(24)22-16-19-11-14-21(27-19)12-5-4-6-13-21/h7-10,19,23H,2-6,11-16H2,1H3,(H,22,24). The lowest BCUT2D eigenvalue weighted by molar-refractivity contribution is -0.0618. The molecule has 1 unspecified atom stereocenters. The molecular formula is C21H32N2O4S. The van der Waals surface area contributed by atoms with Gasteiger partial charge in [-0.3, -0.25) is 9.52 Å². The van der Waals surface area contributed by atoms with Crippen LogP contribution in [-0.2, 0) is 14.8 Å². The summed E-state index contributed by atoms with van der Waals surface area (Å²) in [6, 6.07) is 6.54. The molecule has 6 nitrogen and oxygen atoms in total. The van der Waals surface area contributed by atoms with Crippen molar-refractivity contribution in [3.8, 4) is 0 Å². The molecule has 1 saturated carbocycles. The van der Waals surface area contributed by atoms with Crippen molar-refractivity contribution in [1.29, 1.82) is 0 Å². The first-order valence-corrected chi connectivity index (χ1v) is 12.1. The number of sulfonamides is 1. The predicted molar refractivity (Wildman–Crippen MR) is 111 cm³/mol. The summed E-state index contributed by atoms with van der Waals surface area (Å²) >= 11 is 0. The second-order valence-electron chi connectivity index (χ2n) is 8.08. The van der Waals surface area contributed by atoms with Crippen LogP contribution in [0.1, 0.15) is 75.1 Å². The van der Waals surface area contributed by atoms with Crippen molar-refractivity contribution in [3.63, 3.8) is 0 Å². The molecule has 0 radical (unpaired) electrons. The highest BCUT2D eigenvalue weighted by molar-refractivity contribution is 7.92. The van der Waals surface area contributed by atoms with Crippen molar-refractivity contribution in [2.24, 2.45) is 0 Å². The molecule has 1 aliphatic carbocycles. The number of ether oxygens (including phenoxy) is 1.